The number of amides is 2. The molecule has 1 saturated heterocycles. The fourth-order valence-corrected chi connectivity index (χ4v) is 1.86. The Hall–Kier alpha value is -2.42. The maximum absolute atomic E-state index is 13.7. The molecule has 0 N–H and O–H groups in total. The van der Waals surface area contributed by atoms with Gasteiger partial charge in [-0.1, -0.05) is 6.07 Å². The summed E-state index contributed by atoms with van der Waals surface area (Å²) in [6.07, 6.45) is 0. The lowest BCUT2D eigenvalue weighted by Crippen LogP contribution is -2.51. The van der Waals surface area contributed by atoms with E-state index >= 15 is 0 Å². The van der Waals surface area contributed by atoms with Crippen LogP contribution in [0.3, 0.4) is 0 Å². The number of hydrogen-bond donors (Lipinski definition) is 0. The van der Waals surface area contributed by atoms with Gasteiger partial charge in [0.1, 0.15) is 12.4 Å². The highest BCUT2D eigenvalue weighted by Gasteiger charge is 2.27. The molecule has 0 aromatic heterocycles. The van der Waals surface area contributed by atoms with Crippen molar-refractivity contribution in [3.8, 4) is 6.07 Å². The van der Waals surface area contributed by atoms with Crippen LogP contribution in [-0.4, -0.2) is 41.8 Å². The second-order valence-electron chi connectivity index (χ2n) is 4.42. The normalized spacial score (nSPS) is 15.6. The fraction of sp³-hybridized carbons (Fsp3) is 0.308. The third-order valence-corrected chi connectivity index (χ3v) is 3.02. The van der Waals surface area contributed by atoms with Crippen molar-refractivity contribution in [2.45, 2.75) is 6.54 Å². The maximum atomic E-state index is 13.7. The molecule has 0 radical (unpaired) electrons. The smallest absolute Gasteiger partial charge is 0.242 e. The Morgan fingerprint density at radius 2 is 2.05 bits per heavy atom. The minimum Gasteiger partial charge on any atom is -0.335 e. The van der Waals surface area contributed by atoms with E-state index in [4.69, 9.17) is 5.26 Å². The Labute approximate surface area is 109 Å². The SMILES string of the molecule is CN1CC(=O)N(Cc2ccc(C#N)cc2F)CC1=O. The molecule has 0 bridgehead atoms. The van der Waals surface area contributed by atoms with Crippen LogP contribution in [0.1, 0.15) is 11.1 Å². The summed E-state index contributed by atoms with van der Waals surface area (Å²) >= 11 is 0. The summed E-state index contributed by atoms with van der Waals surface area (Å²) in [6.45, 7) is 0.00145. The molecule has 1 aromatic carbocycles. The van der Waals surface area contributed by atoms with Gasteiger partial charge in [0.15, 0.2) is 0 Å². The Morgan fingerprint density at radius 1 is 1.32 bits per heavy atom. The minimum absolute atomic E-state index is 0.0106. The van der Waals surface area contributed by atoms with Crippen LogP contribution < -0.4 is 0 Å². The highest BCUT2D eigenvalue weighted by atomic mass is 19.1. The molecule has 1 fully saturated rings. The number of nitrogens with zero attached hydrogens (tertiary/aromatic N) is 3. The van der Waals surface area contributed by atoms with Crippen LogP contribution in [0, 0.1) is 17.1 Å². The van der Waals surface area contributed by atoms with Gasteiger partial charge in [0.05, 0.1) is 18.2 Å². The van der Waals surface area contributed by atoms with Crippen LogP contribution in [0.25, 0.3) is 0 Å². The molecule has 5 nitrogen and oxygen atoms in total. The first kappa shape index (κ1) is 13.0. The number of carbonyl (C=O) groups excluding carboxylic acids is 2. The van der Waals surface area contributed by atoms with E-state index in [-0.39, 0.29) is 37.0 Å². The maximum Gasteiger partial charge on any atom is 0.242 e. The zero-order chi connectivity index (χ0) is 14.0. The number of likely N-dealkylation sites (N-methyl/N-ethyl adjacent to an activating group) is 1. The molecule has 0 unspecified atom stereocenters. The van der Waals surface area contributed by atoms with Crippen molar-refractivity contribution in [2.24, 2.45) is 0 Å². The lowest BCUT2D eigenvalue weighted by atomic mass is 10.1. The number of rotatable bonds is 2. The molecule has 1 aromatic rings. The zero-order valence-electron chi connectivity index (χ0n) is 10.4. The molecule has 0 spiro atoms. The molecule has 0 atom stereocenters. The first-order valence-corrected chi connectivity index (χ1v) is 5.71. The molecule has 0 saturated carbocycles. The molecular weight excluding hydrogens is 249 g/mol. The monoisotopic (exact) mass is 261 g/mol. The summed E-state index contributed by atoms with van der Waals surface area (Å²) in [5, 5.41) is 8.65. The van der Waals surface area contributed by atoms with Crippen LogP contribution >= 0.6 is 0 Å². The molecule has 98 valence electrons. The van der Waals surface area contributed by atoms with E-state index in [2.05, 4.69) is 0 Å². The summed E-state index contributed by atoms with van der Waals surface area (Å²) in [7, 11) is 1.56. The quantitative estimate of drug-likeness (QED) is 0.778. The van der Waals surface area contributed by atoms with Crippen LogP contribution in [0.5, 0.6) is 0 Å². The van der Waals surface area contributed by atoms with Crippen molar-refractivity contribution in [2.75, 3.05) is 20.1 Å². The van der Waals surface area contributed by atoms with Crippen molar-refractivity contribution in [1.29, 1.82) is 5.26 Å². The number of carbonyl (C=O) groups is 2. The van der Waals surface area contributed by atoms with Crippen LogP contribution in [0.2, 0.25) is 0 Å². The van der Waals surface area contributed by atoms with E-state index in [0.29, 0.717) is 5.56 Å². The van der Waals surface area contributed by atoms with E-state index in [1.807, 2.05) is 6.07 Å². The highest BCUT2D eigenvalue weighted by molar-refractivity contribution is 5.92. The average molecular weight is 261 g/mol. The summed E-state index contributed by atoms with van der Waals surface area (Å²) in [6, 6.07) is 5.91. The Balaban J connectivity index is 2.15. The highest BCUT2D eigenvalue weighted by Crippen LogP contribution is 2.14. The molecular formula is C13H12FN3O2. The van der Waals surface area contributed by atoms with Gasteiger partial charge >= 0.3 is 0 Å². The summed E-state index contributed by atoms with van der Waals surface area (Å²) in [4.78, 5) is 25.9. The number of piperazine rings is 1. The third-order valence-electron chi connectivity index (χ3n) is 3.02. The van der Waals surface area contributed by atoms with E-state index in [1.165, 1.54) is 21.9 Å². The van der Waals surface area contributed by atoms with Gasteiger partial charge in [-0.05, 0) is 12.1 Å². The third kappa shape index (κ3) is 2.71. The summed E-state index contributed by atoms with van der Waals surface area (Å²) in [5.41, 5.74) is 0.520. The van der Waals surface area contributed by atoms with Crippen molar-refractivity contribution in [1.82, 2.24) is 9.80 Å². The average Bonchev–Trinajstić information content (AvgIpc) is 2.38. The summed E-state index contributed by atoms with van der Waals surface area (Å²) in [5.74, 6) is -0.933. The second-order valence-corrected chi connectivity index (χ2v) is 4.42. The molecule has 1 heterocycles. The van der Waals surface area contributed by atoms with Crippen LogP contribution in [0.4, 0.5) is 4.39 Å². The standard InChI is InChI=1S/C13H12FN3O2/c1-16-7-13(19)17(8-12(16)18)6-10-3-2-9(5-15)4-11(10)14/h2-4H,6-8H2,1H3. The topological polar surface area (TPSA) is 64.4 Å². The Bertz CT molecular complexity index is 580. The lowest BCUT2D eigenvalue weighted by Gasteiger charge is -2.31. The number of halogens is 1. The minimum atomic E-state index is -0.543. The van der Waals surface area contributed by atoms with Crippen molar-refractivity contribution >= 4 is 11.8 Å². The first-order valence-electron chi connectivity index (χ1n) is 5.71. The lowest BCUT2D eigenvalue weighted by molar-refractivity contribution is -0.149. The summed E-state index contributed by atoms with van der Waals surface area (Å²) < 4.78 is 13.7. The molecule has 1 aliphatic heterocycles. The van der Waals surface area contributed by atoms with E-state index in [1.54, 1.807) is 7.05 Å². The predicted octanol–water partition coefficient (Wildman–Crippen LogP) is 0.498. The largest absolute Gasteiger partial charge is 0.335 e. The Kier molecular flexibility index (Phi) is 3.47. The van der Waals surface area contributed by atoms with Gasteiger partial charge in [0, 0.05) is 19.2 Å². The van der Waals surface area contributed by atoms with Crippen molar-refractivity contribution in [3.05, 3.63) is 35.1 Å². The molecule has 19 heavy (non-hydrogen) atoms. The molecule has 0 aliphatic carbocycles. The fourth-order valence-electron chi connectivity index (χ4n) is 1.86. The predicted molar refractivity (Wildman–Crippen MR) is 64.2 cm³/mol. The number of benzene rings is 1. The van der Waals surface area contributed by atoms with Gasteiger partial charge < -0.3 is 9.80 Å². The van der Waals surface area contributed by atoms with Gasteiger partial charge in [-0.3, -0.25) is 9.59 Å². The van der Waals surface area contributed by atoms with Gasteiger partial charge in [-0.25, -0.2) is 4.39 Å². The molecule has 2 amide bonds. The van der Waals surface area contributed by atoms with Crippen molar-refractivity contribution in [3.63, 3.8) is 0 Å². The van der Waals surface area contributed by atoms with Gasteiger partial charge in [0.25, 0.3) is 0 Å². The molecule has 6 heteroatoms. The van der Waals surface area contributed by atoms with Gasteiger partial charge in [0.2, 0.25) is 11.8 Å². The van der Waals surface area contributed by atoms with E-state index < -0.39 is 5.82 Å². The van der Waals surface area contributed by atoms with Gasteiger partial charge in [-0.2, -0.15) is 5.26 Å². The van der Waals surface area contributed by atoms with E-state index in [9.17, 15) is 14.0 Å². The number of hydrogen-bond acceptors (Lipinski definition) is 3. The van der Waals surface area contributed by atoms with E-state index in [0.717, 1.165) is 6.07 Å². The first-order chi connectivity index (χ1) is 9.01. The molecule has 1 aliphatic rings. The van der Waals surface area contributed by atoms with Crippen LogP contribution in [-0.2, 0) is 16.1 Å². The Morgan fingerprint density at radius 3 is 2.68 bits per heavy atom. The van der Waals surface area contributed by atoms with Gasteiger partial charge in [-0.15, -0.1) is 0 Å². The zero-order valence-corrected chi connectivity index (χ0v) is 10.4. The number of nitriles is 1. The molecule has 2 rings (SSSR count). The second kappa shape index (κ2) is 5.06. The van der Waals surface area contributed by atoms with Crippen molar-refractivity contribution < 1.29 is 14.0 Å². The van der Waals surface area contributed by atoms with Crippen LogP contribution in [0.15, 0.2) is 18.2 Å².